The number of rotatable bonds is 8. The maximum absolute atomic E-state index is 5.59. The van der Waals surface area contributed by atoms with Gasteiger partial charge < -0.3 is 14.8 Å². The van der Waals surface area contributed by atoms with Gasteiger partial charge in [-0.1, -0.05) is 20.8 Å². The predicted octanol–water partition coefficient (Wildman–Crippen LogP) is 2.21. The second-order valence-electron chi connectivity index (χ2n) is 5.20. The van der Waals surface area contributed by atoms with Crippen molar-refractivity contribution < 1.29 is 9.47 Å². The van der Waals surface area contributed by atoms with Gasteiger partial charge in [0.25, 0.3) is 0 Å². The lowest BCUT2D eigenvalue weighted by Gasteiger charge is -2.28. The standard InChI is InChI=1S/C13H27NO2/c1-4-7-15-8-5-13(6-9-16-11-13)10-14-12(2)3/h12,14H,4-11H2,1-3H3. The van der Waals surface area contributed by atoms with Crippen LogP contribution >= 0.6 is 0 Å². The maximum atomic E-state index is 5.59. The van der Waals surface area contributed by atoms with Crippen molar-refractivity contribution in [2.45, 2.75) is 46.1 Å². The summed E-state index contributed by atoms with van der Waals surface area (Å²) in [5.41, 5.74) is 0.317. The molecule has 16 heavy (non-hydrogen) atoms. The third kappa shape index (κ3) is 4.81. The molecule has 3 nitrogen and oxygen atoms in total. The van der Waals surface area contributed by atoms with E-state index < -0.39 is 0 Å². The molecule has 0 aromatic heterocycles. The molecule has 0 aromatic carbocycles. The first kappa shape index (κ1) is 13.9. The first-order valence-electron chi connectivity index (χ1n) is 6.57. The van der Waals surface area contributed by atoms with Crippen LogP contribution in [0.2, 0.25) is 0 Å². The Morgan fingerprint density at radius 3 is 2.75 bits per heavy atom. The molecule has 0 bridgehead atoms. The first-order chi connectivity index (χ1) is 7.68. The minimum atomic E-state index is 0.317. The van der Waals surface area contributed by atoms with Gasteiger partial charge >= 0.3 is 0 Å². The summed E-state index contributed by atoms with van der Waals surface area (Å²) in [7, 11) is 0. The highest BCUT2D eigenvalue weighted by atomic mass is 16.5. The normalized spacial score (nSPS) is 25.5. The molecule has 1 fully saturated rings. The molecule has 1 rings (SSSR count). The molecule has 1 aliphatic rings. The van der Waals surface area contributed by atoms with Crippen molar-refractivity contribution in [2.24, 2.45) is 5.41 Å². The summed E-state index contributed by atoms with van der Waals surface area (Å²) in [6.07, 6.45) is 3.39. The average Bonchev–Trinajstić information content (AvgIpc) is 2.71. The van der Waals surface area contributed by atoms with Gasteiger partial charge in [-0.15, -0.1) is 0 Å². The van der Waals surface area contributed by atoms with Crippen LogP contribution in [0, 0.1) is 5.41 Å². The van der Waals surface area contributed by atoms with E-state index in [0.717, 1.165) is 45.8 Å². The van der Waals surface area contributed by atoms with E-state index in [9.17, 15) is 0 Å². The monoisotopic (exact) mass is 229 g/mol. The van der Waals surface area contributed by atoms with Gasteiger partial charge in [-0.3, -0.25) is 0 Å². The van der Waals surface area contributed by atoms with Crippen molar-refractivity contribution in [1.82, 2.24) is 5.32 Å². The zero-order valence-corrected chi connectivity index (χ0v) is 11.1. The molecule has 1 unspecified atom stereocenters. The summed E-state index contributed by atoms with van der Waals surface area (Å²) < 4.78 is 11.1. The highest BCUT2D eigenvalue weighted by Gasteiger charge is 2.34. The van der Waals surface area contributed by atoms with Gasteiger partial charge in [0.15, 0.2) is 0 Å². The van der Waals surface area contributed by atoms with Crippen LogP contribution in [-0.4, -0.2) is 39.0 Å². The number of hydrogen-bond donors (Lipinski definition) is 1. The van der Waals surface area contributed by atoms with Gasteiger partial charge in [0.2, 0.25) is 0 Å². The number of nitrogens with one attached hydrogen (secondary N) is 1. The van der Waals surface area contributed by atoms with Crippen LogP contribution in [0.3, 0.4) is 0 Å². The van der Waals surface area contributed by atoms with Crippen molar-refractivity contribution in [3.8, 4) is 0 Å². The number of ether oxygens (including phenoxy) is 2. The SMILES string of the molecule is CCCOCCC1(CNC(C)C)CCOC1. The average molecular weight is 229 g/mol. The van der Waals surface area contributed by atoms with Crippen molar-refractivity contribution >= 4 is 0 Å². The Kier molecular flexibility index (Phi) is 6.32. The molecular formula is C13H27NO2. The third-order valence-electron chi connectivity index (χ3n) is 3.20. The number of hydrogen-bond acceptors (Lipinski definition) is 3. The summed E-state index contributed by atoms with van der Waals surface area (Å²) in [5.74, 6) is 0. The second-order valence-corrected chi connectivity index (χ2v) is 5.20. The van der Waals surface area contributed by atoms with Gasteiger partial charge in [0.1, 0.15) is 0 Å². The van der Waals surface area contributed by atoms with Gasteiger partial charge in [-0.05, 0) is 19.3 Å². The molecule has 0 aromatic rings. The van der Waals surface area contributed by atoms with Crippen LogP contribution in [0.15, 0.2) is 0 Å². The summed E-state index contributed by atoms with van der Waals surface area (Å²) in [6.45, 7) is 11.1. The van der Waals surface area contributed by atoms with Crippen LogP contribution in [0.4, 0.5) is 0 Å². The van der Waals surface area contributed by atoms with Crippen LogP contribution in [-0.2, 0) is 9.47 Å². The Morgan fingerprint density at radius 1 is 1.38 bits per heavy atom. The lowest BCUT2D eigenvalue weighted by molar-refractivity contribution is 0.0798. The summed E-state index contributed by atoms with van der Waals surface area (Å²) in [6, 6.07) is 0.550. The molecular weight excluding hydrogens is 202 g/mol. The molecule has 0 spiro atoms. The van der Waals surface area contributed by atoms with E-state index in [-0.39, 0.29) is 0 Å². The summed E-state index contributed by atoms with van der Waals surface area (Å²) in [4.78, 5) is 0. The van der Waals surface area contributed by atoms with Gasteiger partial charge in [-0.25, -0.2) is 0 Å². The Bertz CT molecular complexity index is 177. The molecule has 1 aliphatic heterocycles. The quantitative estimate of drug-likeness (QED) is 0.647. The van der Waals surface area contributed by atoms with Crippen molar-refractivity contribution in [3.05, 3.63) is 0 Å². The molecule has 0 radical (unpaired) electrons. The Balaban J connectivity index is 2.27. The lowest BCUT2D eigenvalue weighted by atomic mass is 9.84. The smallest absolute Gasteiger partial charge is 0.0536 e. The first-order valence-corrected chi connectivity index (χ1v) is 6.57. The second kappa shape index (κ2) is 7.25. The molecule has 0 amide bonds. The molecule has 0 saturated carbocycles. The zero-order valence-electron chi connectivity index (χ0n) is 11.1. The van der Waals surface area contributed by atoms with E-state index in [1.165, 1.54) is 6.42 Å². The van der Waals surface area contributed by atoms with Crippen molar-refractivity contribution in [1.29, 1.82) is 0 Å². The van der Waals surface area contributed by atoms with Gasteiger partial charge in [0.05, 0.1) is 6.61 Å². The van der Waals surface area contributed by atoms with E-state index in [1.54, 1.807) is 0 Å². The molecule has 1 heterocycles. The van der Waals surface area contributed by atoms with E-state index in [2.05, 4.69) is 26.1 Å². The van der Waals surface area contributed by atoms with Crippen molar-refractivity contribution in [2.75, 3.05) is 33.0 Å². The lowest BCUT2D eigenvalue weighted by Crippen LogP contribution is -2.39. The fourth-order valence-electron chi connectivity index (χ4n) is 2.03. The molecule has 96 valence electrons. The summed E-state index contributed by atoms with van der Waals surface area (Å²) >= 11 is 0. The van der Waals surface area contributed by atoms with E-state index in [0.29, 0.717) is 11.5 Å². The zero-order chi connectivity index (χ0) is 11.9. The van der Waals surface area contributed by atoms with E-state index >= 15 is 0 Å². The van der Waals surface area contributed by atoms with Crippen LogP contribution in [0.1, 0.15) is 40.0 Å². The minimum Gasteiger partial charge on any atom is -0.381 e. The third-order valence-corrected chi connectivity index (χ3v) is 3.20. The van der Waals surface area contributed by atoms with Gasteiger partial charge in [0, 0.05) is 37.8 Å². The molecule has 1 saturated heterocycles. The predicted molar refractivity (Wildman–Crippen MR) is 66.7 cm³/mol. The van der Waals surface area contributed by atoms with E-state index in [4.69, 9.17) is 9.47 Å². The molecule has 1 N–H and O–H groups in total. The molecule has 0 aliphatic carbocycles. The Morgan fingerprint density at radius 2 is 2.19 bits per heavy atom. The maximum Gasteiger partial charge on any atom is 0.0536 e. The molecule has 3 heteroatoms. The van der Waals surface area contributed by atoms with Crippen LogP contribution < -0.4 is 5.32 Å². The van der Waals surface area contributed by atoms with Gasteiger partial charge in [-0.2, -0.15) is 0 Å². The fourth-order valence-corrected chi connectivity index (χ4v) is 2.03. The Hall–Kier alpha value is -0.120. The molecule has 1 atom stereocenters. The van der Waals surface area contributed by atoms with Crippen LogP contribution in [0.25, 0.3) is 0 Å². The van der Waals surface area contributed by atoms with Crippen molar-refractivity contribution in [3.63, 3.8) is 0 Å². The fraction of sp³-hybridized carbons (Fsp3) is 1.00. The summed E-state index contributed by atoms with van der Waals surface area (Å²) in [5, 5.41) is 3.53. The Labute approximate surface area is 99.9 Å². The highest BCUT2D eigenvalue weighted by molar-refractivity contribution is 4.85. The van der Waals surface area contributed by atoms with E-state index in [1.807, 2.05) is 0 Å². The highest BCUT2D eigenvalue weighted by Crippen LogP contribution is 2.31. The minimum absolute atomic E-state index is 0.317. The largest absolute Gasteiger partial charge is 0.381 e. The van der Waals surface area contributed by atoms with Crippen LogP contribution in [0.5, 0.6) is 0 Å². The topological polar surface area (TPSA) is 30.5 Å².